The summed E-state index contributed by atoms with van der Waals surface area (Å²) >= 11 is 3.52. The molecule has 2 heterocycles. The summed E-state index contributed by atoms with van der Waals surface area (Å²) in [6.07, 6.45) is 5.06. The van der Waals surface area contributed by atoms with Crippen molar-refractivity contribution in [3.05, 3.63) is 44.6 Å². The number of H-pyrrole nitrogens is 1. The van der Waals surface area contributed by atoms with Crippen LogP contribution in [-0.2, 0) is 0 Å². The molecule has 7 heteroatoms. The Bertz CT molecular complexity index is 660. The van der Waals surface area contributed by atoms with Crippen molar-refractivity contribution < 1.29 is 5.11 Å². The third-order valence-corrected chi connectivity index (χ3v) is 4.68. The summed E-state index contributed by atoms with van der Waals surface area (Å²) in [6, 6.07) is 1.53. The number of aliphatic hydroxyl groups excluding tert-OH is 1. The van der Waals surface area contributed by atoms with Gasteiger partial charge in [0.25, 0.3) is 5.56 Å². The first kappa shape index (κ1) is 15.3. The molecule has 1 aromatic rings. The van der Waals surface area contributed by atoms with E-state index in [0.717, 1.165) is 55.0 Å². The number of anilines is 1. The Labute approximate surface area is 137 Å². The van der Waals surface area contributed by atoms with Crippen LogP contribution in [0.2, 0.25) is 0 Å². The Morgan fingerprint density at radius 3 is 2.77 bits per heavy atom. The lowest BCUT2D eigenvalue weighted by Crippen LogP contribution is -2.47. The van der Waals surface area contributed by atoms with Crippen molar-refractivity contribution in [2.24, 2.45) is 0 Å². The molecule has 118 valence electrons. The maximum atomic E-state index is 11.3. The van der Waals surface area contributed by atoms with E-state index in [9.17, 15) is 9.90 Å². The molecule has 1 aliphatic carbocycles. The quantitative estimate of drug-likeness (QED) is 0.852. The molecule has 6 nitrogen and oxygen atoms in total. The van der Waals surface area contributed by atoms with E-state index < -0.39 is 0 Å². The van der Waals surface area contributed by atoms with Crippen molar-refractivity contribution >= 4 is 21.7 Å². The number of aliphatic hydroxyl groups is 1. The van der Waals surface area contributed by atoms with Gasteiger partial charge in [-0.05, 0) is 17.0 Å². The van der Waals surface area contributed by atoms with Crippen LogP contribution >= 0.6 is 15.9 Å². The average molecular weight is 367 g/mol. The molecule has 3 rings (SSSR count). The number of nitrogens with one attached hydrogen (secondary N) is 1. The van der Waals surface area contributed by atoms with E-state index >= 15 is 0 Å². The number of aromatic amines is 1. The molecule has 0 spiro atoms. The summed E-state index contributed by atoms with van der Waals surface area (Å²) in [5, 5.41) is 10.0. The first-order valence-electron chi connectivity index (χ1n) is 7.41. The van der Waals surface area contributed by atoms with Crippen LogP contribution in [0, 0.1) is 0 Å². The molecular weight excluding hydrogens is 348 g/mol. The number of nitrogens with zero attached hydrogens (tertiary/aromatic N) is 3. The average Bonchev–Trinajstić information content (AvgIpc) is 2.52. The van der Waals surface area contributed by atoms with Crippen molar-refractivity contribution in [1.29, 1.82) is 0 Å². The lowest BCUT2D eigenvalue weighted by Gasteiger charge is -2.35. The summed E-state index contributed by atoms with van der Waals surface area (Å²) in [7, 11) is 0. The maximum absolute atomic E-state index is 11.3. The second-order valence-corrected chi connectivity index (χ2v) is 6.61. The van der Waals surface area contributed by atoms with E-state index in [1.54, 1.807) is 0 Å². The minimum Gasteiger partial charge on any atom is -0.512 e. The van der Waals surface area contributed by atoms with E-state index in [0.29, 0.717) is 12.2 Å². The number of aromatic nitrogens is 2. The third-order valence-electron chi connectivity index (χ3n) is 4.06. The van der Waals surface area contributed by atoms with E-state index in [4.69, 9.17) is 0 Å². The Morgan fingerprint density at radius 2 is 2.05 bits per heavy atom. The molecular formula is C15H19BrN4O2. The lowest BCUT2D eigenvalue weighted by atomic mass is 10.0. The van der Waals surface area contributed by atoms with E-state index in [1.165, 1.54) is 12.4 Å². The molecule has 0 bridgehead atoms. The molecule has 22 heavy (non-hydrogen) atoms. The van der Waals surface area contributed by atoms with Gasteiger partial charge in [0.2, 0.25) is 0 Å². The van der Waals surface area contributed by atoms with Gasteiger partial charge in [-0.3, -0.25) is 9.69 Å². The fourth-order valence-corrected chi connectivity index (χ4v) is 3.26. The minimum atomic E-state index is -0.125. The Morgan fingerprint density at radius 1 is 1.27 bits per heavy atom. The lowest BCUT2D eigenvalue weighted by molar-refractivity contribution is 0.271. The second kappa shape index (κ2) is 6.66. The Balaban J connectivity index is 1.59. The molecule has 1 saturated heterocycles. The fraction of sp³-hybridized carbons (Fsp3) is 0.467. The van der Waals surface area contributed by atoms with E-state index in [1.807, 2.05) is 6.08 Å². The van der Waals surface area contributed by atoms with Gasteiger partial charge < -0.3 is 15.0 Å². The van der Waals surface area contributed by atoms with Gasteiger partial charge in [-0.25, -0.2) is 4.98 Å². The largest absolute Gasteiger partial charge is 0.512 e. The first-order valence-corrected chi connectivity index (χ1v) is 8.20. The number of rotatable bonds is 3. The number of piperazine rings is 1. The zero-order valence-electron chi connectivity index (χ0n) is 12.3. The standard InChI is InChI=1S/C15H19BrN4O2/c16-12-1-2-13(21)11(7-12)9-19-3-5-20(6-4-19)14-8-15(22)18-10-17-14/h7-8,10,21H,1-6,9H2,(H,17,18,22). The topological polar surface area (TPSA) is 72.5 Å². The number of hydrogen-bond donors (Lipinski definition) is 2. The predicted molar refractivity (Wildman–Crippen MR) is 89.4 cm³/mol. The summed E-state index contributed by atoms with van der Waals surface area (Å²) in [6.45, 7) is 4.19. The number of halogens is 1. The van der Waals surface area contributed by atoms with Crippen LogP contribution in [0.3, 0.4) is 0 Å². The van der Waals surface area contributed by atoms with Crippen LogP contribution in [0.4, 0.5) is 5.82 Å². The summed E-state index contributed by atoms with van der Waals surface area (Å²) in [5.74, 6) is 1.23. The summed E-state index contributed by atoms with van der Waals surface area (Å²) in [4.78, 5) is 22.5. The molecule has 1 aromatic heterocycles. The molecule has 0 radical (unpaired) electrons. The number of allylic oxidation sites excluding steroid dienone is 2. The van der Waals surface area contributed by atoms with Crippen molar-refractivity contribution in [1.82, 2.24) is 14.9 Å². The van der Waals surface area contributed by atoms with Crippen LogP contribution < -0.4 is 10.5 Å². The molecule has 0 atom stereocenters. The maximum Gasteiger partial charge on any atom is 0.252 e. The molecule has 0 amide bonds. The molecule has 2 N–H and O–H groups in total. The predicted octanol–water partition coefficient (Wildman–Crippen LogP) is 1.78. The van der Waals surface area contributed by atoms with Crippen LogP contribution in [0.15, 0.2) is 39.1 Å². The smallest absolute Gasteiger partial charge is 0.252 e. The van der Waals surface area contributed by atoms with Gasteiger partial charge in [0.05, 0.1) is 12.1 Å². The SMILES string of the molecule is O=c1cc(N2CCN(CC3=C(O)CCC(Br)=C3)CC2)nc[nH]1. The molecule has 1 fully saturated rings. The van der Waals surface area contributed by atoms with Gasteiger partial charge in [-0.2, -0.15) is 0 Å². The highest BCUT2D eigenvalue weighted by Gasteiger charge is 2.20. The van der Waals surface area contributed by atoms with Crippen LogP contribution in [-0.4, -0.2) is 52.7 Å². The Kier molecular flexibility index (Phi) is 4.63. The van der Waals surface area contributed by atoms with Crippen LogP contribution in [0.5, 0.6) is 0 Å². The van der Waals surface area contributed by atoms with Gasteiger partial charge in [0.1, 0.15) is 5.82 Å². The van der Waals surface area contributed by atoms with Gasteiger partial charge in [0.15, 0.2) is 0 Å². The fourth-order valence-electron chi connectivity index (χ4n) is 2.79. The van der Waals surface area contributed by atoms with Gasteiger partial charge in [-0.15, -0.1) is 0 Å². The molecule has 0 unspecified atom stereocenters. The Hall–Kier alpha value is -1.60. The molecule has 2 aliphatic rings. The first-order chi connectivity index (χ1) is 10.6. The third kappa shape index (κ3) is 3.59. The second-order valence-electron chi connectivity index (χ2n) is 5.60. The van der Waals surface area contributed by atoms with Gasteiger partial charge in [-0.1, -0.05) is 15.9 Å². The molecule has 0 aromatic carbocycles. The number of hydrogen-bond acceptors (Lipinski definition) is 5. The van der Waals surface area contributed by atoms with Gasteiger partial charge >= 0.3 is 0 Å². The highest BCUT2D eigenvalue weighted by atomic mass is 79.9. The van der Waals surface area contributed by atoms with E-state index in [2.05, 4.69) is 35.7 Å². The molecule has 0 saturated carbocycles. The van der Waals surface area contributed by atoms with Crippen molar-refractivity contribution in [3.63, 3.8) is 0 Å². The monoisotopic (exact) mass is 366 g/mol. The van der Waals surface area contributed by atoms with Crippen LogP contribution in [0.25, 0.3) is 0 Å². The van der Waals surface area contributed by atoms with Gasteiger partial charge in [0, 0.05) is 50.8 Å². The van der Waals surface area contributed by atoms with Crippen molar-refractivity contribution in [3.8, 4) is 0 Å². The molecule has 1 aliphatic heterocycles. The van der Waals surface area contributed by atoms with Crippen molar-refractivity contribution in [2.45, 2.75) is 12.8 Å². The summed E-state index contributed by atoms with van der Waals surface area (Å²) in [5.41, 5.74) is 0.876. The van der Waals surface area contributed by atoms with Crippen LogP contribution in [0.1, 0.15) is 12.8 Å². The zero-order valence-corrected chi connectivity index (χ0v) is 13.8. The normalized spacial score (nSPS) is 20.2. The highest BCUT2D eigenvalue weighted by molar-refractivity contribution is 9.11. The van der Waals surface area contributed by atoms with Crippen molar-refractivity contribution in [2.75, 3.05) is 37.6 Å². The summed E-state index contributed by atoms with van der Waals surface area (Å²) < 4.78 is 1.15. The zero-order chi connectivity index (χ0) is 15.5. The highest BCUT2D eigenvalue weighted by Crippen LogP contribution is 2.26. The van der Waals surface area contributed by atoms with E-state index in [-0.39, 0.29) is 5.56 Å². The minimum absolute atomic E-state index is 0.125.